The number of methoxy groups -OCH3 is 1. The first kappa shape index (κ1) is 50.9. The number of epoxide rings is 2. The molecule has 348 valence electrons. The largest absolute Gasteiger partial charge is 0.460 e. The predicted octanol–water partition coefficient (Wildman–Crippen LogP) is 4.00. The van der Waals surface area contributed by atoms with Crippen molar-refractivity contribution >= 4 is 29.5 Å². The van der Waals surface area contributed by atoms with Crippen LogP contribution in [0, 0.1) is 17.8 Å². The first-order valence-electron chi connectivity index (χ1n) is 22.6. The molecule has 15 nitrogen and oxygen atoms in total. The van der Waals surface area contributed by atoms with Gasteiger partial charge in [0.25, 0.3) is 0 Å². The van der Waals surface area contributed by atoms with E-state index in [4.69, 9.17) is 28.4 Å². The molecule has 2 saturated heterocycles. The molecular weight excluding hydrogens is 797 g/mol. The zero-order chi connectivity index (χ0) is 45.3. The maximum atomic E-state index is 13.5. The minimum atomic E-state index is -0.881. The van der Waals surface area contributed by atoms with Crippen LogP contribution in [0.25, 0.3) is 0 Å². The van der Waals surface area contributed by atoms with Crippen molar-refractivity contribution in [3.05, 3.63) is 47.5 Å². The third-order valence-corrected chi connectivity index (χ3v) is 11.9. The van der Waals surface area contributed by atoms with E-state index < -0.39 is 18.0 Å². The number of allylic oxidation sites excluding steroid dienone is 1. The van der Waals surface area contributed by atoms with E-state index in [0.717, 1.165) is 18.4 Å². The highest BCUT2D eigenvalue weighted by Gasteiger charge is 2.72. The number of carbonyl (C=O) groups is 5. The summed E-state index contributed by atoms with van der Waals surface area (Å²) >= 11 is 0. The summed E-state index contributed by atoms with van der Waals surface area (Å²) in [4.78, 5) is 64.3. The third-order valence-electron chi connectivity index (χ3n) is 11.9. The standard InChI is InChI=1S/C47H74N4O11/c1-31(2)16-17-39-46(7,62-39)43-42(57-8)38(18-20-47(43)30-60-47)61-41(54)15-12-23-58-25-26-59-24-22-49-40(53)19-21-48-35(27-32(3)4)45(56)51-36(28-34-13-10-9-11-14-34)44(55)50-29-37(52)33(5)6/h9-11,13-14,16,32-33,35-36,38-39,42-43,48H,12,15,17-30H2,1-8H3,(H,49,53)(H,50,55)(H,51,56)/t35-,36-,38?,39+,42?,43?,46?,47-/m0/s1. The number of rotatable bonds is 29. The summed E-state index contributed by atoms with van der Waals surface area (Å²) in [6.07, 6.45) is 5.58. The molecule has 0 bridgehead atoms. The van der Waals surface area contributed by atoms with Crippen LogP contribution < -0.4 is 21.3 Å². The monoisotopic (exact) mass is 871 g/mol. The van der Waals surface area contributed by atoms with Crippen LogP contribution >= 0.6 is 0 Å². The van der Waals surface area contributed by atoms with Crippen molar-refractivity contribution in [2.24, 2.45) is 17.8 Å². The van der Waals surface area contributed by atoms with Crippen molar-refractivity contribution in [2.45, 2.75) is 141 Å². The highest BCUT2D eigenvalue weighted by Crippen LogP contribution is 2.59. The van der Waals surface area contributed by atoms with Gasteiger partial charge in [0.2, 0.25) is 17.7 Å². The normalized spacial score (nSPS) is 24.9. The lowest BCUT2D eigenvalue weighted by Crippen LogP contribution is -2.55. The molecule has 4 unspecified atom stereocenters. The van der Waals surface area contributed by atoms with Crippen LogP contribution in [0.3, 0.4) is 0 Å². The molecule has 2 aliphatic heterocycles. The molecule has 2 heterocycles. The van der Waals surface area contributed by atoms with Gasteiger partial charge in [0, 0.05) is 52.0 Å². The van der Waals surface area contributed by atoms with Crippen LogP contribution in [-0.2, 0) is 58.8 Å². The summed E-state index contributed by atoms with van der Waals surface area (Å²) in [5, 5.41) is 11.6. The second-order valence-electron chi connectivity index (χ2n) is 18.1. The molecule has 0 radical (unpaired) electrons. The van der Waals surface area contributed by atoms with Gasteiger partial charge in [-0.25, -0.2) is 0 Å². The minimum Gasteiger partial charge on any atom is -0.460 e. The Balaban J connectivity index is 1.07. The SMILES string of the molecule is COC1C(OC(=O)CCCOCCOCCNC(=O)CCN[C@@H](CC(C)C)C(=O)N[C@@H](Cc2ccccc2)C(=O)NCC(=O)C(C)C)CC[C@]2(CO2)C1C1(C)O[C@@H]1CC=C(C)C. The summed E-state index contributed by atoms with van der Waals surface area (Å²) in [6.45, 7) is 16.3. The highest BCUT2D eigenvalue weighted by atomic mass is 16.6. The number of hydrogen-bond donors (Lipinski definition) is 4. The van der Waals surface area contributed by atoms with E-state index in [0.29, 0.717) is 58.8 Å². The van der Waals surface area contributed by atoms with Gasteiger partial charge in [-0.1, -0.05) is 69.7 Å². The Morgan fingerprint density at radius 2 is 1.61 bits per heavy atom. The lowest BCUT2D eigenvalue weighted by atomic mass is 9.68. The van der Waals surface area contributed by atoms with Gasteiger partial charge < -0.3 is 49.7 Å². The quantitative estimate of drug-likeness (QED) is 0.0392. The molecule has 1 aromatic carbocycles. The second-order valence-corrected chi connectivity index (χ2v) is 18.1. The maximum Gasteiger partial charge on any atom is 0.306 e. The van der Waals surface area contributed by atoms with Crippen LogP contribution in [0.15, 0.2) is 42.0 Å². The molecule has 3 aliphatic rings. The van der Waals surface area contributed by atoms with Crippen molar-refractivity contribution in [1.82, 2.24) is 21.3 Å². The van der Waals surface area contributed by atoms with Gasteiger partial charge in [-0.2, -0.15) is 0 Å². The van der Waals surface area contributed by atoms with Crippen LogP contribution in [-0.4, -0.2) is 131 Å². The highest BCUT2D eigenvalue weighted by molar-refractivity contribution is 5.92. The fourth-order valence-electron chi connectivity index (χ4n) is 8.24. The summed E-state index contributed by atoms with van der Waals surface area (Å²) in [7, 11) is 1.67. The molecule has 15 heteroatoms. The Morgan fingerprint density at radius 1 is 0.903 bits per heavy atom. The predicted molar refractivity (Wildman–Crippen MR) is 234 cm³/mol. The third kappa shape index (κ3) is 16.1. The van der Waals surface area contributed by atoms with Crippen LogP contribution in [0.4, 0.5) is 0 Å². The number of esters is 1. The molecular formula is C47H74N4O11. The zero-order valence-electron chi connectivity index (χ0n) is 38.4. The number of carbonyl (C=O) groups excluding carboxylic acids is 5. The Bertz CT molecular complexity index is 1630. The van der Waals surface area contributed by atoms with E-state index in [1.807, 2.05) is 44.2 Å². The van der Waals surface area contributed by atoms with Crippen molar-refractivity contribution in [2.75, 3.05) is 59.8 Å². The zero-order valence-corrected chi connectivity index (χ0v) is 38.4. The molecule has 4 rings (SSSR count). The summed E-state index contributed by atoms with van der Waals surface area (Å²) < 4.78 is 35.5. The van der Waals surface area contributed by atoms with E-state index in [9.17, 15) is 24.0 Å². The molecule has 1 saturated carbocycles. The van der Waals surface area contributed by atoms with Gasteiger partial charge in [0.1, 0.15) is 29.5 Å². The Kier molecular flexibility index (Phi) is 20.5. The Labute approximate surface area is 368 Å². The van der Waals surface area contributed by atoms with Crippen LogP contribution in [0.1, 0.15) is 99.0 Å². The number of ether oxygens (including phenoxy) is 6. The van der Waals surface area contributed by atoms with Crippen molar-refractivity contribution in [1.29, 1.82) is 0 Å². The first-order chi connectivity index (χ1) is 29.6. The fourth-order valence-corrected chi connectivity index (χ4v) is 8.24. The molecule has 3 fully saturated rings. The lowest BCUT2D eigenvalue weighted by Gasteiger charge is -2.42. The van der Waals surface area contributed by atoms with E-state index in [1.54, 1.807) is 21.0 Å². The van der Waals surface area contributed by atoms with Gasteiger partial charge in [0.05, 0.1) is 51.0 Å². The number of nitrogens with one attached hydrogen (secondary N) is 4. The molecule has 1 aliphatic carbocycles. The topological polar surface area (TPSA) is 195 Å². The number of Topliss-reactive ketones (excluding diaryl/α,β-unsaturated/α-hetero) is 1. The molecule has 62 heavy (non-hydrogen) atoms. The van der Waals surface area contributed by atoms with E-state index in [1.165, 1.54) is 5.57 Å². The molecule has 4 N–H and O–H groups in total. The number of hydrogen-bond acceptors (Lipinski definition) is 12. The average molecular weight is 871 g/mol. The van der Waals surface area contributed by atoms with Gasteiger partial charge in [0.15, 0.2) is 5.78 Å². The molecule has 1 aromatic rings. The Morgan fingerprint density at radius 3 is 2.26 bits per heavy atom. The van der Waals surface area contributed by atoms with Crippen molar-refractivity contribution in [3.8, 4) is 0 Å². The molecule has 8 atom stereocenters. The lowest BCUT2D eigenvalue weighted by molar-refractivity contribution is -0.172. The van der Waals surface area contributed by atoms with Crippen LogP contribution in [0.2, 0.25) is 0 Å². The minimum absolute atomic E-state index is 0.0221. The maximum absolute atomic E-state index is 13.5. The summed E-state index contributed by atoms with van der Waals surface area (Å²) in [6, 6.07) is 7.86. The van der Waals surface area contributed by atoms with Crippen molar-refractivity contribution < 1.29 is 52.4 Å². The fraction of sp³-hybridized carbons (Fsp3) is 0.723. The molecule has 1 spiro atoms. The number of benzene rings is 1. The van der Waals surface area contributed by atoms with E-state index in [-0.39, 0.29) is 103 Å². The van der Waals surface area contributed by atoms with Gasteiger partial charge in [-0.3, -0.25) is 24.0 Å². The first-order valence-corrected chi connectivity index (χ1v) is 22.6. The summed E-state index contributed by atoms with van der Waals surface area (Å²) in [5.74, 6) is -1.42. The summed E-state index contributed by atoms with van der Waals surface area (Å²) in [5.41, 5.74) is 1.46. The number of ketones is 1. The average Bonchev–Trinajstić information content (AvgIpc) is 4.15. The van der Waals surface area contributed by atoms with Crippen LogP contribution in [0.5, 0.6) is 0 Å². The van der Waals surface area contributed by atoms with E-state index in [2.05, 4.69) is 48.1 Å². The van der Waals surface area contributed by atoms with Gasteiger partial charge >= 0.3 is 5.97 Å². The number of amides is 3. The van der Waals surface area contributed by atoms with Crippen molar-refractivity contribution in [3.63, 3.8) is 0 Å². The van der Waals surface area contributed by atoms with Gasteiger partial charge in [-0.05, 0) is 64.4 Å². The molecule has 0 aromatic heterocycles. The van der Waals surface area contributed by atoms with Gasteiger partial charge in [-0.15, -0.1) is 0 Å². The Hall–Kier alpha value is -3.73. The second kappa shape index (κ2) is 24.9. The molecule has 3 amide bonds. The van der Waals surface area contributed by atoms with E-state index >= 15 is 0 Å². The smallest absolute Gasteiger partial charge is 0.306 e.